The van der Waals surface area contributed by atoms with Crippen LogP contribution in [-0.4, -0.2) is 24.5 Å². The quantitative estimate of drug-likeness (QED) is 0.394. The Morgan fingerprint density at radius 3 is 2.40 bits per heavy atom. The van der Waals surface area contributed by atoms with Gasteiger partial charge in [0.2, 0.25) is 0 Å². The molecule has 4 amide bonds. The first kappa shape index (κ1) is 23.7. The van der Waals surface area contributed by atoms with Crippen molar-refractivity contribution in [3.05, 3.63) is 94.8 Å². The third-order valence-electron chi connectivity index (χ3n) is 5.31. The highest BCUT2D eigenvalue weighted by Gasteiger charge is 2.36. The summed E-state index contributed by atoms with van der Waals surface area (Å²) in [6, 6.07) is 17.2. The molecule has 0 aliphatic carbocycles. The molecule has 178 valence electrons. The number of hydrogen-bond acceptors (Lipinski definition) is 5. The topological polar surface area (TPSA) is 84.9 Å². The van der Waals surface area contributed by atoms with Gasteiger partial charge in [-0.3, -0.25) is 14.9 Å². The lowest BCUT2D eigenvalue weighted by molar-refractivity contribution is -0.122. The van der Waals surface area contributed by atoms with Crippen LogP contribution in [-0.2, 0) is 16.2 Å². The molecule has 0 bridgehead atoms. The number of carbonyl (C=O) groups excluding carboxylic acids is 3. The van der Waals surface area contributed by atoms with Gasteiger partial charge in [-0.05, 0) is 55.8 Å². The highest BCUT2D eigenvalue weighted by molar-refractivity contribution is 6.39. The number of anilines is 1. The first-order chi connectivity index (χ1) is 16.9. The van der Waals surface area contributed by atoms with E-state index in [9.17, 15) is 18.8 Å². The zero-order valence-electron chi connectivity index (χ0n) is 19.2. The molecular formula is C27H23FN2O5. The van der Waals surface area contributed by atoms with Gasteiger partial charge in [-0.1, -0.05) is 42.0 Å². The van der Waals surface area contributed by atoms with Crippen LogP contribution in [0.5, 0.6) is 11.5 Å². The summed E-state index contributed by atoms with van der Waals surface area (Å²) in [6.45, 7) is 4.03. The van der Waals surface area contributed by atoms with Gasteiger partial charge in [0.05, 0.1) is 12.3 Å². The van der Waals surface area contributed by atoms with Crippen molar-refractivity contribution in [3.8, 4) is 11.5 Å². The van der Waals surface area contributed by atoms with E-state index in [1.807, 2.05) is 6.92 Å². The van der Waals surface area contributed by atoms with E-state index >= 15 is 0 Å². The van der Waals surface area contributed by atoms with E-state index in [2.05, 4.69) is 5.32 Å². The molecule has 7 nitrogen and oxygen atoms in total. The third kappa shape index (κ3) is 5.22. The van der Waals surface area contributed by atoms with Crippen LogP contribution in [0.4, 0.5) is 14.9 Å². The standard InChI is InChI=1S/C27H23FN2O5/c1-3-34-24-15-18(10-13-23(24)35-16-19-6-4-5-7-22(19)28)14-21-25(31)29-27(33)30(26(21)32)20-11-8-17(2)9-12-20/h4-15H,3,16H2,1-2H3,(H,29,31,33)/b21-14+. The van der Waals surface area contributed by atoms with Crippen LogP contribution in [0, 0.1) is 12.7 Å². The number of carbonyl (C=O) groups is 3. The minimum atomic E-state index is -0.812. The molecule has 3 aromatic carbocycles. The number of halogens is 1. The highest BCUT2D eigenvalue weighted by Crippen LogP contribution is 2.31. The average molecular weight is 474 g/mol. The molecule has 3 aromatic rings. The van der Waals surface area contributed by atoms with Crippen molar-refractivity contribution in [2.24, 2.45) is 0 Å². The van der Waals surface area contributed by atoms with Gasteiger partial charge in [-0.2, -0.15) is 0 Å². The average Bonchev–Trinajstić information content (AvgIpc) is 2.83. The number of aryl methyl sites for hydroxylation is 1. The van der Waals surface area contributed by atoms with Crippen molar-refractivity contribution in [3.63, 3.8) is 0 Å². The second kappa shape index (κ2) is 10.2. The Morgan fingerprint density at radius 2 is 1.69 bits per heavy atom. The summed E-state index contributed by atoms with van der Waals surface area (Å²) >= 11 is 0. The third-order valence-corrected chi connectivity index (χ3v) is 5.31. The minimum absolute atomic E-state index is 0.00168. The van der Waals surface area contributed by atoms with Crippen LogP contribution in [0.2, 0.25) is 0 Å². The summed E-state index contributed by atoms with van der Waals surface area (Å²) in [5.41, 5.74) is 2.00. The first-order valence-corrected chi connectivity index (χ1v) is 11.0. The van der Waals surface area contributed by atoms with Gasteiger partial charge in [0.25, 0.3) is 11.8 Å². The molecule has 4 rings (SSSR count). The predicted molar refractivity (Wildman–Crippen MR) is 129 cm³/mol. The largest absolute Gasteiger partial charge is 0.490 e. The summed E-state index contributed by atoms with van der Waals surface area (Å²) in [5, 5.41) is 2.21. The van der Waals surface area contributed by atoms with Crippen molar-refractivity contribution in [2.45, 2.75) is 20.5 Å². The van der Waals surface area contributed by atoms with Crippen LogP contribution in [0.15, 0.2) is 72.3 Å². The molecule has 8 heteroatoms. The summed E-state index contributed by atoms with van der Waals surface area (Å²) in [5.74, 6) is -1.15. The van der Waals surface area contributed by atoms with Crippen molar-refractivity contribution in [1.29, 1.82) is 0 Å². The fraction of sp³-hybridized carbons (Fsp3) is 0.148. The van der Waals surface area contributed by atoms with Crippen LogP contribution >= 0.6 is 0 Å². The Labute approximate surface area is 201 Å². The van der Waals surface area contributed by atoms with E-state index in [1.165, 1.54) is 12.1 Å². The number of rotatable bonds is 7. The smallest absolute Gasteiger partial charge is 0.335 e. The number of amides is 4. The Morgan fingerprint density at radius 1 is 0.943 bits per heavy atom. The summed E-state index contributed by atoms with van der Waals surface area (Å²) in [6.07, 6.45) is 1.38. The molecule has 1 saturated heterocycles. The number of nitrogens with zero attached hydrogens (tertiary/aromatic N) is 1. The highest BCUT2D eigenvalue weighted by atomic mass is 19.1. The Kier molecular flexibility index (Phi) is 6.91. The Hall–Kier alpha value is -4.46. The van der Waals surface area contributed by atoms with Gasteiger partial charge in [-0.15, -0.1) is 0 Å². The van der Waals surface area contributed by atoms with E-state index in [0.717, 1.165) is 10.5 Å². The molecule has 1 aliphatic rings. The number of nitrogens with one attached hydrogen (secondary N) is 1. The first-order valence-electron chi connectivity index (χ1n) is 11.0. The molecule has 1 heterocycles. The maximum Gasteiger partial charge on any atom is 0.335 e. The molecule has 35 heavy (non-hydrogen) atoms. The fourth-order valence-corrected chi connectivity index (χ4v) is 3.53. The number of imide groups is 2. The molecule has 1 aliphatic heterocycles. The lowest BCUT2D eigenvalue weighted by Gasteiger charge is -2.26. The van der Waals surface area contributed by atoms with E-state index in [0.29, 0.717) is 34.9 Å². The van der Waals surface area contributed by atoms with Crippen LogP contribution < -0.4 is 19.7 Å². The number of urea groups is 1. The molecule has 0 aromatic heterocycles. The van der Waals surface area contributed by atoms with Crippen LogP contribution in [0.25, 0.3) is 6.08 Å². The molecule has 0 radical (unpaired) electrons. The lowest BCUT2D eigenvalue weighted by Crippen LogP contribution is -2.54. The Bertz CT molecular complexity index is 1320. The molecule has 1 N–H and O–H groups in total. The number of hydrogen-bond donors (Lipinski definition) is 1. The van der Waals surface area contributed by atoms with E-state index in [-0.39, 0.29) is 18.0 Å². The van der Waals surface area contributed by atoms with E-state index in [1.54, 1.807) is 67.6 Å². The molecule has 0 spiro atoms. The number of benzene rings is 3. The normalized spacial score (nSPS) is 14.8. The van der Waals surface area contributed by atoms with E-state index < -0.39 is 17.8 Å². The van der Waals surface area contributed by atoms with Gasteiger partial charge in [-0.25, -0.2) is 14.1 Å². The molecule has 0 unspecified atom stereocenters. The van der Waals surface area contributed by atoms with Gasteiger partial charge < -0.3 is 9.47 Å². The van der Waals surface area contributed by atoms with Gasteiger partial charge in [0, 0.05) is 5.56 Å². The molecule has 0 saturated carbocycles. The molecule has 0 atom stereocenters. The van der Waals surface area contributed by atoms with Crippen LogP contribution in [0.1, 0.15) is 23.6 Å². The van der Waals surface area contributed by atoms with Crippen molar-refractivity contribution in [1.82, 2.24) is 5.32 Å². The van der Waals surface area contributed by atoms with Crippen molar-refractivity contribution >= 4 is 29.6 Å². The maximum atomic E-state index is 13.9. The Balaban J connectivity index is 1.61. The maximum absolute atomic E-state index is 13.9. The second-order valence-corrected chi connectivity index (χ2v) is 7.81. The van der Waals surface area contributed by atoms with E-state index in [4.69, 9.17) is 9.47 Å². The van der Waals surface area contributed by atoms with Gasteiger partial charge in [0.15, 0.2) is 11.5 Å². The predicted octanol–water partition coefficient (Wildman–Crippen LogP) is 4.78. The van der Waals surface area contributed by atoms with Crippen LogP contribution in [0.3, 0.4) is 0 Å². The number of ether oxygens (including phenoxy) is 2. The zero-order chi connectivity index (χ0) is 24.9. The second-order valence-electron chi connectivity index (χ2n) is 7.81. The van der Waals surface area contributed by atoms with Gasteiger partial charge in [0.1, 0.15) is 18.0 Å². The minimum Gasteiger partial charge on any atom is -0.490 e. The zero-order valence-corrected chi connectivity index (χ0v) is 19.2. The summed E-state index contributed by atoms with van der Waals surface area (Å²) < 4.78 is 25.3. The monoisotopic (exact) mass is 474 g/mol. The SMILES string of the molecule is CCOc1cc(/C=C2\C(=O)NC(=O)N(c3ccc(C)cc3)C2=O)ccc1OCc1ccccc1F. The number of barbiturate groups is 1. The molecule has 1 fully saturated rings. The summed E-state index contributed by atoms with van der Waals surface area (Å²) in [4.78, 5) is 38.9. The van der Waals surface area contributed by atoms with Crippen molar-refractivity contribution < 1.29 is 28.2 Å². The molecular weight excluding hydrogens is 451 g/mol. The van der Waals surface area contributed by atoms with Gasteiger partial charge >= 0.3 is 6.03 Å². The lowest BCUT2D eigenvalue weighted by atomic mass is 10.1. The van der Waals surface area contributed by atoms with Crippen molar-refractivity contribution in [2.75, 3.05) is 11.5 Å². The summed E-state index contributed by atoms with van der Waals surface area (Å²) in [7, 11) is 0. The fourth-order valence-electron chi connectivity index (χ4n) is 3.53.